The van der Waals surface area contributed by atoms with Crippen LogP contribution in [0.15, 0.2) is 53.4 Å². The van der Waals surface area contributed by atoms with E-state index in [9.17, 15) is 13.2 Å². The van der Waals surface area contributed by atoms with Crippen LogP contribution in [-0.4, -0.2) is 38.7 Å². The van der Waals surface area contributed by atoms with E-state index < -0.39 is 10.0 Å². The molecule has 0 saturated carbocycles. The molecule has 0 aromatic heterocycles. The topological polar surface area (TPSA) is 96.5 Å². The second-order valence-electron chi connectivity index (χ2n) is 9.02. The van der Waals surface area contributed by atoms with Gasteiger partial charge in [0.25, 0.3) is 0 Å². The van der Waals surface area contributed by atoms with Crippen LogP contribution in [0.1, 0.15) is 50.7 Å². The van der Waals surface area contributed by atoms with Crippen molar-refractivity contribution in [3.63, 3.8) is 0 Å². The van der Waals surface area contributed by atoms with E-state index in [-0.39, 0.29) is 34.5 Å². The SMILES string of the molecule is CC(C)Cc1ccc(C(C)C(=O)NC(=S)Nc2ccc(S(=O)(=O)NCC3CCCO3)cc2)cc1. The fourth-order valence-corrected chi connectivity index (χ4v) is 5.04. The average Bonchev–Trinajstić information content (AvgIpc) is 3.31. The molecule has 2 unspecified atom stereocenters. The highest BCUT2D eigenvalue weighted by atomic mass is 32.2. The number of amides is 1. The molecule has 0 bridgehead atoms. The molecule has 34 heavy (non-hydrogen) atoms. The number of thiocarbonyl (C=S) groups is 1. The van der Waals surface area contributed by atoms with Gasteiger partial charge in [0.15, 0.2) is 5.11 Å². The molecule has 0 radical (unpaired) electrons. The number of carbonyl (C=O) groups is 1. The Labute approximate surface area is 207 Å². The molecule has 2 aromatic rings. The Hall–Kier alpha value is -2.33. The highest BCUT2D eigenvalue weighted by molar-refractivity contribution is 7.89. The maximum Gasteiger partial charge on any atom is 0.240 e. The number of rotatable bonds is 9. The van der Waals surface area contributed by atoms with Crippen LogP contribution in [0.25, 0.3) is 0 Å². The van der Waals surface area contributed by atoms with Crippen molar-refractivity contribution in [3.05, 3.63) is 59.7 Å². The number of sulfonamides is 1. The molecule has 2 aromatic carbocycles. The van der Waals surface area contributed by atoms with E-state index in [1.165, 1.54) is 17.7 Å². The van der Waals surface area contributed by atoms with Gasteiger partial charge >= 0.3 is 0 Å². The van der Waals surface area contributed by atoms with Gasteiger partial charge in [-0.05, 0) is 79.7 Å². The smallest absolute Gasteiger partial charge is 0.240 e. The zero-order valence-electron chi connectivity index (χ0n) is 19.8. The lowest BCUT2D eigenvalue weighted by Gasteiger charge is -2.15. The Kier molecular flexibility index (Phi) is 9.18. The Morgan fingerprint density at radius 1 is 1.09 bits per heavy atom. The first-order chi connectivity index (χ1) is 16.1. The lowest BCUT2D eigenvalue weighted by molar-refractivity contribution is -0.120. The Balaban J connectivity index is 1.51. The number of ether oxygens (including phenoxy) is 1. The standard InChI is InChI=1S/C25H33N3O4S2/c1-17(2)15-19-6-8-20(9-7-19)18(3)24(29)28-25(33)27-21-10-12-23(13-11-21)34(30,31)26-16-22-5-4-14-32-22/h6-13,17-18,22,26H,4-5,14-16H2,1-3H3,(H2,27,28,29,33). The van der Waals surface area contributed by atoms with Gasteiger partial charge in [0.2, 0.25) is 15.9 Å². The number of carbonyl (C=O) groups excluding carboxylic acids is 1. The van der Waals surface area contributed by atoms with E-state index >= 15 is 0 Å². The van der Waals surface area contributed by atoms with Crippen molar-refractivity contribution in [3.8, 4) is 0 Å². The Bertz CT molecular complexity index is 1080. The minimum atomic E-state index is -3.62. The predicted molar refractivity (Wildman–Crippen MR) is 138 cm³/mol. The molecule has 1 aliphatic rings. The van der Waals surface area contributed by atoms with Crippen LogP contribution in [0.4, 0.5) is 5.69 Å². The summed E-state index contributed by atoms with van der Waals surface area (Å²) in [5.74, 6) is -0.00564. The molecule has 0 aliphatic carbocycles. The van der Waals surface area contributed by atoms with Gasteiger partial charge in [0.1, 0.15) is 0 Å². The highest BCUT2D eigenvalue weighted by Crippen LogP contribution is 2.19. The van der Waals surface area contributed by atoms with Crippen molar-refractivity contribution < 1.29 is 17.9 Å². The minimum Gasteiger partial charge on any atom is -0.377 e. The third-order valence-corrected chi connectivity index (χ3v) is 7.34. The molecule has 1 aliphatic heterocycles. The number of benzene rings is 2. The maximum atomic E-state index is 12.6. The van der Waals surface area contributed by atoms with Gasteiger partial charge in [-0.2, -0.15) is 0 Å². The summed E-state index contributed by atoms with van der Waals surface area (Å²) in [7, 11) is -3.62. The first kappa shape index (κ1) is 26.3. The minimum absolute atomic E-state index is 0.0722. The summed E-state index contributed by atoms with van der Waals surface area (Å²) < 4.78 is 33.0. The van der Waals surface area contributed by atoms with Crippen LogP contribution in [-0.2, 0) is 26.0 Å². The van der Waals surface area contributed by atoms with Crippen LogP contribution in [0.2, 0.25) is 0 Å². The van der Waals surface area contributed by atoms with Crippen molar-refractivity contribution in [2.75, 3.05) is 18.5 Å². The predicted octanol–water partition coefficient (Wildman–Crippen LogP) is 3.96. The van der Waals surface area contributed by atoms with Crippen molar-refractivity contribution in [2.24, 2.45) is 5.92 Å². The molecule has 2 atom stereocenters. The zero-order chi connectivity index (χ0) is 24.7. The fourth-order valence-electron chi connectivity index (χ4n) is 3.76. The van der Waals surface area contributed by atoms with Crippen molar-refractivity contribution in [1.82, 2.24) is 10.0 Å². The zero-order valence-corrected chi connectivity index (χ0v) is 21.5. The van der Waals surface area contributed by atoms with Crippen LogP contribution >= 0.6 is 12.2 Å². The summed E-state index contributed by atoms with van der Waals surface area (Å²) >= 11 is 5.27. The van der Waals surface area contributed by atoms with E-state index in [4.69, 9.17) is 17.0 Å². The summed E-state index contributed by atoms with van der Waals surface area (Å²) in [5, 5.41) is 5.79. The molecule has 0 spiro atoms. The third kappa shape index (κ3) is 7.59. The molecule has 1 fully saturated rings. The fraction of sp³-hybridized carbons (Fsp3) is 0.440. The van der Waals surface area contributed by atoms with Gasteiger partial charge < -0.3 is 15.4 Å². The van der Waals surface area contributed by atoms with E-state index in [2.05, 4.69) is 41.3 Å². The monoisotopic (exact) mass is 503 g/mol. The van der Waals surface area contributed by atoms with Crippen LogP contribution in [0.3, 0.4) is 0 Å². The molecule has 3 rings (SSSR count). The first-order valence-electron chi connectivity index (χ1n) is 11.6. The van der Waals surface area contributed by atoms with E-state index in [0.29, 0.717) is 18.2 Å². The summed E-state index contributed by atoms with van der Waals surface area (Å²) in [5.41, 5.74) is 2.74. The van der Waals surface area contributed by atoms with Crippen molar-refractivity contribution >= 4 is 38.9 Å². The molecule has 1 heterocycles. The third-order valence-electron chi connectivity index (χ3n) is 5.70. The lowest BCUT2D eigenvalue weighted by atomic mass is 9.96. The molecular weight excluding hydrogens is 470 g/mol. The van der Waals surface area contributed by atoms with Gasteiger partial charge in [0.05, 0.1) is 16.9 Å². The summed E-state index contributed by atoms with van der Waals surface area (Å²) in [4.78, 5) is 12.8. The lowest BCUT2D eigenvalue weighted by Crippen LogP contribution is -2.36. The van der Waals surface area contributed by atoms with Crippen LogP contribution in [0, 0.1) is 5.92 Å². The van der Waals surface area contributed by atoms with Gasteiger partial charge in [-0.3, -0.25) is 4.79 Å². The molecule has 1 amide bonds. The summed E-state index contributed by atoms with van der Waals surface area (Å²) in [6.45, 7) is 7.12. The van der Waals surface area contributed by atoms with Crippen molar-refractivity contribution in [2.45, 2.75) is 57.0 Å². The van der Waals surface area contributed by atoms with Crippen LogP contribution in [0.5, 0.6) is 0 Å². The van der Waals surface area contributed by atoms with Gasteiger partial charge in [-0.1, -0.05) is 38.1 Å². The normalized spacial score (nSPS) is 16.9. The summed E-state index contributed by atoms with van der Waals surface area (Å²) in [6, 6.07) is 14.3. The molecule has 1 saturated heterocycles. The molecule has 9 heteroatoms. The molecule has 3 N–H and O–H groups in total. The molecule has 184 valence electrons. The molecular formula is C25H33N3O4S2. The first-order valence-corrected chi connectivity index (χ1v) is 13.4. The number of nitrogens with one attached hydrogen (secondary N) is 3. The van der Waals surface area contributed by atoms with E-state index in [0.717, 1.165) is 24.8 Å². The van der Waals surface area contributed by atoms with Gasteiger partial charge in [-0.15, -0.1) is 0 Å². The maximum absolute atomic E-state index is 12.6. The quantitative estimate of drug-likeness (QED) is 0.448. The second kappa shape index (κ2) is 11.9. The van der Waals surface area contributed by atoms with Crippen molar-refractivity contribution in [1.29, 1.82) is 0 Å². The van der Waals surface area contributed by atoms with Crippen LogP contribution < -0.4 is 15.4 Å². The largest absolute Gasteiger partial charge is 0.377 e. The number of anilines is 1. The van der Waals surface area contributed by atoms with E-state index in [1.807, 2.05) is 19.1 Å². The number of hydrogen-bond acceptors (Lipinski definition) is 5. The van der Waals surface area contributed by atoms with E-state index in [1.54, 1.807) is 12.1 Å². The Morgan fingerprint density at radius 3 is 2.35 bits per heavy atom. The number of hydrogen-bond donors (Lipinski definition) is 3. The second-order valence-corrected chi connectivity index (χ2v) is 11.2. The van der Waals surface area contributed by atoms with Gasteiger partial charge in [0, 0.05) is 18.8 Å². The summed E-state index contributed by atoms with van der Waals surface area (Å²) in [6.07, 6.45) is 2.74. The average molecular weight is 504 g/mol. The Morgan fingerprint density at radius 2 is 1.76 bits per heavy atom. The molecule has 7 nitrogen and oxygen atoms in total. The van der Waals surface area contributed by atoms with Gasteiger partial charge in [-0.25, -0.2) is 13.1 Å². The highest BCUT2D eigenvalue weighted by Gasteiger charge is 2.20.